The fourth-order valence-electron chi connectivity index (χ4n) is 4.63. The lowest BCUT2D eigenvalue weighted by molar-refractivity contribution is 0.301. The SMILES string of the molecule is CC1CC(C)CN(c2cccc(N)n2)C1.CC1CCCC(C)C1.Nc1cccc(F)n1. The summed E-state index contributed by atoms with van der Waals surface area (Å²) in [5.41, 5.74) is 10.8. The molecule has 4 unspecified atom stereocenters. The number of hydrogen-bond acceptors (Lipinski definition) is 5. The minimum Gasteiger partial charge on any atom is -0.384 e. The molecular weight excluding hydrogens is 389 g/mol. The van der Waals surface area contributed by atoms with Crippen LogP contribution in [0.15, 0.2) is 36.4 Å². The highest BCUT2D eigenvalue weighted by Gasteiger charge is 2.22. The second-order valence-corrected chi connectivity index (χ2v) is 9.53. The fraction of sp³-hybridized carbons (Fsp3) is 0.600. The van der Waals surface area contributed by atoms with Crippen molar-refractivity contribution in [2.24, 2.45) is 23.7 Å². The van der Waals surface area contributed by atoms with E-state index in [0.29, 0.717) is 5.82 Å². The van der Waals surface area contributed by atoms with Crippen LogP contribution in [0.5, 0.6) is 0 Å². The van der Waals surface area contributed by atoms with Crippen molar-refractivity contribution in [1.82, 2.24) is 9.97 Å². The van der Waals surface area contributed by atoms with Gasteiger partial charge >= 0.3 is 0 Å². The first-order valence-electron chi connectivity index (χ1n) is 11.6. The van der Waals surface area contributed by atoms with Gasteiger partial charge in [-0.3, -0.25) is 0 Å². The van der Waals surface area contributed by atoms with Gasteiger partial charge in [-0.15, -0.1) is 0 Å². The van der Waals surface area contributed by atoms with Crippen LogP contribution in [-0.2, 0) is 0 Å². The largest absolute Gasteiger partial charge is 0.384 e. The molecule has 2 aromatic rings. The summed E-state index contributed by atoms with van der Waals surface area (Å²) < 4.78 is 12.0. The first kappa shape index (κ1) is 24.9. The number of anilines is 3. The monoisotopic (exact) mass is 429 g/mol. The summed E-state index contributed by atoms with van der Waals surface area (Å²) in [7, 11) is 0. The van der Waals surface area contributed by atoms with Crippen LogP contribution in [-0.4, -0.2) is 23.1 Å². The van der Waals surface area contributed by atoms with Gasteiger partial charge in [0.2, 0.25) is 5.95 Å². The van der Waals surface area contributed by atoms with E-state index in [9.17, 15) is 4.39 Å². The molecule has 31 heavy (non-hydrogen) atoms. The van der Waals surface area contributed by atoms with E-state index in [1.807, 2.05) is 18.2 Å². The van der Waals surface area contributed by atoms with Crippen molar-refractivity contribution in [2.75, 3.05) is 29.5 Å². The number of hydrogen-bond donors (Lipinski definition) is 2. The van der Waals surface area contributed by atoms with Gasteiger partial charge in [-0.1, -0.05) is 59.1 Å². The molecule has 1 aliphatic carbocycles. The van der Waals surface area contributed by atoms with Gasteiger partial charge in [-0.25, -0.2) is 9.97 Å². The van der Waals surface area contributed by atoms with Crippen LogP contribution < -0.4 is 16.4 Å². The summed E-state index contributed by atoms with van der Waals surface area (Å²) in [6.07, 6.45) is 7.22. The molecule has 1 saturated carbocycles. The van der Waals surface area contributed by atoms with E-state index >= 15 is 0 Å². The molecule has 0 radical (unpaired) electrons. The number of nitrogens with two attached hydrogens (primary N) is 2. The lowest BCUT2D eigenvalue weighted by Crippen LogP contribution is -2.39. The predicted molar refractivity (Wildman–Crippen MR) is 129 cm³/mol. The fourth-order valence-corrected chi connectivity index (χ4v) is 4.63. The molecule has 4 N–H and O–H groups in total. The van der Waals surface area contributed by atoms with E-state index in [2.05, 4.69) is 42.6 Å². The van der Waals surface area contributed by atoms with Gasteiger partial charge in [0.25, 0.3) is 0 Å². The normalized spacial score (nSPS) is 25.5. The van der Waals surface area contributed by atoms with Crippen molar-refractivity contribution in [3.05, 3.63) is 42.3 Å². The molecule has 172 valence electrons. The van der Waals surface area contributed by atoms with Crippen LogP contribution in [0.25, 0.3) is 0 Å². The third-order valence-electron chi connectivity index (χ3n) is 5.88. The van der Waals surface area contributed by atoms with E-state index < -0.39 is 5.95 Å². The number of rotatable bonds is 1. The van der Waals surface area contributed by atoms with E-state index in [4.69, 9.17) is 11.5 Å². The molecule has 2 aromatic heterocycles. The first-order chi connectivity index (χ1) is 14.7. The zero-order chi connectivity index (χ0) is 22.8. The summed E-state index contributed by atoms with van der Waals surface area (Å²) in [5, 5.41) is 0. The van der Waals surface area contributed by atoms with E-state index in [-0.39, 0.29) is 5.82 Å². The summed E-state index contributed by atoms with van der Waals surface area (Å²) >= 11 is 0. The van der Waals surface area contributed by atoms with Crippen molar-refractivity contribution in [3.8, 4) is 0 Å². The van der Waals surface area contributed by atoms with Crippen LogP contribution in [0, 0.1) is 29.6 Å². The number of halogens is 1. The molecular formula is C25H40FN5. The molecule has 4 rings (SSSR count). The van der Waals surface area contributed by atoms with Crippen molar-refractivity contribution >= 4 is 17.5 Å². The Kier molecular flexibility index (Phi) is 10.0. The molecule has 5 nitrogen and oxygen atoms in total. The lowest BCUT2D eigenvalue weighted by Gasteiger charge is -2.35. The maximum atomic E-state index is 12.0. The molecule has 6 heteroatoms. The quantitative estimate of drug-likeness (QED) is 0.562. The Morgan fingerprint density at radius 3 is 1.71 bits per heavy atom. The first-order valence-corrected chi connectivity index (χ1v) is 11.6. The van der Waals surface area contributed by atoms with Gasteiger partial charge in [0.05, 0.1) is 0 Å². The summed E-state index contributed by atoms with van der Waals surface area (Å²) in [6.45, 7) is 11.5. The second-order valence-electron chi connectivity index (χ2n) is 9.53. The third-order valence-corrected chi connectivity index (χ3v) is 5.88. The van der Waals surface area contributed by atoms with Crippen LogP contribution >= 0.6 is 0 Å². The molecule has 1 aliphatic heterocycles. The molecule has 0 aromatic carbocycles. The molecule has 2 aliphatic rings. The number of nitrogen functional groups attached to an aromatic ring is 2. The van der Waals surface area contributed by atoms with Crippen LogP contribution in [0.4, 0.5) is 21.8 Å². The van der Waals surface area contributed by atoms with Crippen molar-refractivity contribution in [1.29, 1.82) is 0 Å². The van der Waals surface area contributed by atoms with Gasteiger partial charge in [-0.05, 0) is 60.8 Å². The molecule has 1 saturated heterocycles. The summed E-state index contributed by atoms with van der Waals surface area (Å²) in [4.78, 5) is 10.00. The molecule has 0 spiro atoms. The Labute approximate surface area is 187 Å². The Hall–Kier alpha value is -2.37. The molecule has 0 bridgehead atoms. The van der Waals surface area contributed by atoms with E-state index in [0.717, 1.165) is 42.6 Å². The highest BCUT2D eigenvalue weighted by Crippen LogP contribution is 2.27. The van der Waals surface area contributed by atoms with Crippen molar-refractivity contribution in [2.45, 2.75) is 59.8 Å². The highest BCUT2D eigenvalue weighted by molar-refractivity contribution is 5.45. The maximum Gasteiger partial charge on any atom is 0.214 e. The Bertz CT molecular complexity index is 749. The van der Waals surface area contributed by atoms with E-state index in [1.165, 1.54) is 50.3 Å². The zero-order valence-corrected chi connectivity index (χ0v) is 19.6. The van der Waals surface area contributed by atoms with Crippen LogP contribution in [0.3, 0.4) is 0 Å². The molecule has 3 heterocycles. The minimum absolute atomic E-state index is 0.213. The van der Waals surface area contributed by atoms with Crippen molar-refractivity contribution in [3.63, 3.8) is 0 Å². The average molecular weight is 430 g/mol. The average Bonchev–Trinajstić information content (AvgIpc) is 2.68. The maximum absolute atomic E-state index is 12.0. The predicted octanol–water partition coefficient (Wildman–Crippen LogP) is 5.78. The Morgan fingerprint density at radius 1 is 0.774 bits per heavy atom. The second kappa shape index (κ2) is 12.5. The molecule has 0 amide bonds. The van der Waals surface area contributed by atoms with Crippen LogP contribution in [0.2, 0.25) is 0 Å². The van der Waals surface area contributed by atoms with Gasteiger partial charge in [0.15, 0.2) is 0 Å². The number of piperidine rings is 1. The number of nitrogens with zero attached hydrogens (tertiary/aromatic N) is 3. The molecule has 2 fully saturated rings. The standard InChI is InChI=1S/C12H19N3.C8H16.C5H5FN2/c1-9-6-10(2)8-15(7-9)12-5-3-4-11(13)14-12;1-7-4-3-5-8(2)6-7;6-4-2-1-3-5(7)8-4/h3-5,9-10H,6-8H2,1-2H3,(H2,13,14);7-8H,3-6H2,1-2H3;1-3H,(H2,7,8). The Morgan fingerprint density at radius 2 is 1.29 bits per heavy atom. The molecule has 4 atom stereocenters. The third kappa shape index (κ3) is 9.53. The minimum atomic E-state index is -0.537. The lowest BCUT2D eigenvalue weighted by atomic mass is 9.84. The van der Waals surface area contributed by atoms with Gasteiger partial charge in [-0.2, -0.15) is 4.39 Å². The zero-order valence-electron chi connectivity index (χ0n) is 19.6. The van der Waals surface area contributed by atoms with Crippen molar-refractivity contribution < 1.29 is 4.39 Å². The number of aromatic nitrogens is 2. The summed E-state index contributed by atoms with van der Waals surface area (Å²) in [5.74, 6) is 4.83. The van der Waals surface area contributed by atoms with E-state index in [1.54, 1.807) is 0 Å². The summed E-state index contributed by atoms with van der Waals surface area (Å²) in [6, 6.07) is 10.1. The van der Waals surface area contributed by atoms with Gasteiger partial charge < -0.3 is 16.4 Å². The topological polar surface area (TPSA) is 81.1 Å². The number of pyridine rings is 2. The van der Waals surface area contributed by atoms with Gasteiger partial charge in [0.1, 0.15) is 17.5 Å². The van der Waals surface area contributed by atoms with Crippen LogP contribution in [0.1, 0.15) is 59.8 Å². The Balaban J connectivity index is 0.000000181. The smallest absolute Gasteiger partial charge is 0.214 e. The van der Waals surface area contributed by atoms with Gasteiger partial charge in [0, 0.05) is 13.1 Å². The highest BCUT2D eigenvalue weighted by atomic mass is 19.1.